The minimum atomic E-state index is -0.954. The quantitative estimate of drug-likeness (QED) is 0.901. The van der Waals surface area contributed by atoms with Crippen LogP contribution in [0.4, 0.5) is 0 Å². The number of hydrogen-bond donors (Lipinski definition) is 1. The number of fused-ring (bicyclic) bond motifs is 1. The highest BCUT2D eigenvalue weighted by Crippen LogP contribution is 2.23. The van der Waals surface area contributed by atoms with Crippen LogP contribution >= 0.6 is 0 Å². The predicted molar refractivity (Wildman–Crippen MR) is 68.7 cm³/mol. The molecule has 2 rings (SSSR count). The van der Waals surface area contributed by atoms with E-state index in [0.29, 0.717) is 17.0 Å². The van der Waals surface area contributed by atoms with E-state index in [-0.39, 0.29) is 11.0 Å². The standard InChI is InChI=1S/C14H17NO3/c1-14(2,3)7-6-12-15-10-5-4-9(13(16)17)8-11(10)18-12/h4-5,8H,6-7H2,1-3H3,(H,16,17). The van der Waals surface area contributed by atoms with Gasteiger partial charge in [0.15, 0.2) is 11.5 Å². The van der Waals surface area contributed by atoms with Crippen LogP contribution in [0.2, 0.25) is 0 Å². The smallest absolute Gasteiger partial charge is 0.335 e. The first kappa shape index (κ1) is 12.6. The molecular formula is C14H17NO3. The van der Waals surface area contributed by atoms with Gasteiger partial charge in [-0.15, -0.1) is 0 Å². The van der Waals surface area contributed by atoms with Gasteiger partial charge in [-0.05, 0) is 30.0 Å². The number of aromatic nitrogens is 1. The molecule has 0 aliphatic heterocycles. The lowest BCUT2D eigenvalue weighted by Gasteiger charge is -2.15. The Labute approximate surface area is 106 Å². The summed E-state index contributed by atoms with van der Waals surface area (Å²) in [5, 5.41) is 8.90. The Hall–Kier alpha value is -1.84. The molecule has 0 bridgehead atoms. The molecule has 0 aliphatic carbocycles. The Kier molecular flexibility index (Phi) is 3.11. The molecule has 4 heteroatoms. The van der Waals surface area contributed by atoms with Crippen molar-refractivity contribution < 1.29 is 14.3 Å². The average Bonchev–Trinajstić information content (AvgIpc) is 2.66. The van der Waals surface area contributed by atoms with Gasteiger partial charge in [0.05, 0.1) is 5.56 Å². The van der Waals surface area contributed by atoms with Crippen molar-refractivity contribution in [1.29, 1.82) is 0 Å². The monoisotopic (exact) mass is 247 g/mol. The SMILES string of the molecule is CC(C)(C)CCc1nc2ccc(C(=O)O)cc2o1. The van der Waals surface area contributed by atoms with Gasteiger partial charge in [-0.1, -0.05) is 20.8 Å². The van der Waals surface area contributed by atoms with Gasteiger partial charge in [0, 0.05) is 6.42 Å². The van der Waals surface area contributed by atoms with Crippen LogP contribution in [0.15, 0.2) is 22.6 Å². The molecule has 1 heterocycles. The first-order chi connectivity index (χ1) is 8.35. The maximum atomic E-state index is 10.8. The van der Waals surface area contributed by atoms with E-state index in [1.165, 1.54) is 6.07 Å². The van der Waals surface area contributed by atoms with Crippen LogP contribution < -0.4 is 0 Å². The minimum absolute atomic E-state index is 0.223. The Morgan fingerprint density at radius 1 is 1.39 bits per heavy atom. The summed E-state index contributed by atoms with van der Waals surface area (Å²) in [4.78, 5) is 15.2. The minimum Gasteiger partial charge on any atom is -0.478 e. The fraction of sp³-hybridized carbons (Fsp3) is 0.429. The van der Waals surface area contributed by atoms with Crippen molar-refractivity contribution in [2.75, 3.05) is 0 Å². The van der Waals surface area contributed by atoms with Crippen molar-refractivity contribution in [2.24, 2.45) is 5.41 Å². The van der Waals surface area contributed by atoms with E-state index >= 15 is 0 Å². The summed E-state index contributed by atoms with van der Waals surface area (Å²) >= 11 is 0. The number of hydrogen-bond acceptors (Lipinski definition) is 3. The second-order valence-corrected chi connectivity index (χ2v) is 5.66. The van der Waals surface area contributed by atoms with E-state index in [0.717, 1.165) is 12.8 Å². The van der Waals surface area contributed by atoms with E-state index in [4.69, 9.17) is 9.52 Å². The largest absolute Gasteiger partial charge is 0.478 e. The molecule has 0 atom stereocenters. The summed E-state index contributed by atoms with van der Waals surface area (Å²) in [6.07, 6.45) is 1.74. The molecule has 0 saturated heterocycles. The highest BCUT2D eigenvalue weighted by Gasteiger charge is 2.14. The zero-order valence-corrected chi connectivity index (χ0v) is 10.9. The first-order valence-corrected chi connectivity index (χ1v) is 5.98. The third kappa shape index (κ3) is 2.88. The molecule has 18 heavy (non-hydrogen) atoms. The Morgan fingerprint density at radius 2 is 2.11 bits per heavy atom. The normalized spacial score (nSPS) is 11.9. The van der Waals surface area contributed by atoms with Gasteiger partial charge >= 0.3 is 5.97 Å². The second kappa shape index (κ2) is 4.44. The van der Waals surface area contributed by atoms with Gasteiger partial charge in [-0.25, -0.2) is 9.78 Å². The van der Waals surface area contributed by atoms with Crippen LogP contribution in [-0.4, -0.2) is 16.1 Å². The molecule has 2 aromatic rings. The van der Waals surface area contributed by atoms with Crippen molar-refractivity contribution in [3.05, 3.63) is 29.7 Å². The lowest BCUT2D eigenvalue weighted by Crippen LogP contribution is -2.06. The summed E-state index contributed by atoms with van der Waals surface area (Å²) in [6.45, 7) is 6.49. The van der Waals surface area contributed by atoms with Crippen molar-refractivity contribution in [3.63, 3.8) is 0 Å². The third-order valence-electron chi connectivity index (χ3n) is 2.77. The topological polar surface area (TPSA) is 63.3 Å². The maximum absolute atomic E-state index is 10.8. The zero-order valence-electron chi connectivity index (χ0n) is 10.9. The van der Waals surface area contributed by atoms with Crippen LogP contribution in [0.1, 0.15) is 43.4 Å². The highest BCUT2D eigenvalue weighted by atomic mass is 16.4. The summed E-state index contributed by atoms with van der Waals surface area (Å²) in [5.41, 5.74) is 1.70. The number of carbonyl (C=O) groups is 1. The maximum Gasteiger partial charge on any atom is 0.335 e. The summed E-state index contributed by atoms with van der Waals surface area (Å²) in [5.74, 6) is -0.285. The molecule has 1 N–H and O–H groups in total. The van der Waals surface area contributed by atoms with Crippen molar-refractivity contribution >= 4 is 17.1 Å². The molecule has 4 nitrogen and oxygen atoms in total. The predicted octanol–water partition coefficient (Wildman–Crippen LogP) is 3.50. The molecule has 96 valence electrons. The van der Waals surface area contributed by atoms with Gasteiger partial charge in [0.2, 0.25) is 0 Å². The Morgan fingerprint density at radius 3 is 2.72 bits per heavy atom. The van der Waals surface area contributed by atoms with Crippen molar-refractivity contribution in [1.82, 2.24) is 4.98 Å². The lowest BCUT2D eigenvalue weighted by atomic mass is 9.91. The van der Waals surface area contributed by atoms with Crippen LogP contribution in [0.25, 0.3) is 11.1 Å². The molecule has 0 spiro atoms. The third-order valence-corrected chi connectivity index (χ3v) is 2.77. The molecule has 0 amide bonds. The molecule has 0 saturated carbocycles. The van der Waals surface area contributed by atoms with Crippen LogP contribution in [-0.2, 0) is 6.42 Å². The number of oxazole rings is 1. The number of rotatable bonds is 3. The number of carboxylic acids is 1. The molecular weight excluding hydrogens is 230 g/mol. The van der Waals surface area contributed by atoms with E-state index in [1.54, 1.807) is 12.1 Å². The van der Waals surface area contributed by atoms with Gasteiger partial charge < -0.3 is 9.52 Å². The van der Waals surface area contributed by atoms with Crippen LogP contribution in [0, 0.1) is 5.41 Å². The van der Waals surface area contributed by atoms with Gasteiger partial charge in [-0.3, -0.25) is 0 Å². The van der Waals surface area contributed by atoms with Crippen molar-refractivity contribution in [2.45, 2.75) is 33.6 Å². The number of aryl methyl sites for hydroxylation is 1. The first-order valence-electron chi connectivity index (χ1n) is 5.98. The van der Waals surface area contributed by atoms with Crippen LogP contribution in [0.5, 0.6) is 0 Å². The Bertz CT molecular complexity index is 578. The van der Waals surface area contributed by atoms with E-state index < -0.39 is 5.97 Å². The summed E-state index contributed by atoms with van der Waals surface area (Å²) in [7, 11) is 0. The van der Waals surface area contributed by atoms with Gasteiger partial charge in [-0.2, -0.15) is 0 Å². The van der Waals surface area contributed by atoms with Crippen LogP contribution in [0.3, 0.4) is 0 Å². The average molecular weight is 247 g/mol. The number of benzene rings is 1. The molecule has 0 radical (unpaired) electrons. The van der Waals surface area contributed by atoms with Gasteiger partial charge in [0.1, 0.15) is 5.52 Å². The number of carboxylic acid groups (broad SMARTS) is 1. The fourth-order valence-corrected chi connectivity index (χ4v) is 1.69. The molecule has 1 aromatic carbocycles. The molecule has 0 unspecified atom stereocenters. The molecule has 0 fully saturated rings. The lowest BCUT2D eigenvalue weighted by molar-refractivity contribution is 0.0697. The van der Waals surface area contributed by atoms with E-state index in [2.05, 4.69) is 25.8 Å². The van der Waals surface area contributed by atoms with E-state index in [9.17, 15) is 4.79 Å². The Balaban J connectivity index is 2.24. The number of nitrogens with zero attached hydrogens (tertiary/aromatic N) is 1. The molecule has 0 aliphatic rings. The highest BCUT2D eigenvalue weighted by molar-refractivity contribution is 5.91. The second-order valence-electron chi connectivity index (χ2n) is 5.66. The fourth-order valence-electron chi connectivity index (χ4n) is 1.69. The van der Waals surface area contributed by atoms with E-state index in [1.807, 2.05) is 0 Å². The zero-order chi connectivity index (χ0) is 13.3. The summed E-state index contributed by atoms with van der Waals surface area (Å²) < 4.78 is 5.58. The van der Waals surface area contributed by atoms with Gasteiger partial charge in [0.25, 0.3) is 0 Å². The molecule has 1 aromatic heterocycles. The number of aromatic carboxylic acids is 1. The summed E-state index contributed by atoms with van der Waals surface area (Å²) in [6, 6.07) is 4.74. The van der Waals surface area contributed by atoms with Crippen molar-refractivity contribution in [3.8, 4) is 0 Å².